The topological polar surface area (TPSA) is 54.9 Å². The van der Waals surface area contributed by atoms with Crippen LogP contribution < -0.4 is 5.32 Å². The molecule has 0 saturated carbocycles. The Bertz CT molecular complexity index is 772. The van der Waals surface area contributed by atoms with Gasteiger partial charge in [0.05, 0.1) is 17.9 Å². The summed E-state index contributed by atoms with van der Waals surface area (Å²) in [6.07, 6.45) is 3.22. The van der Waals surface area contributed by atoms with Crippen LogP contribution in [0.3, 0.4) is 0 Å². The van der Waals surface area contributed by atoms with Crippen molar-refractivity contribution in [1.29, 1.82) is 0 Å². The van der Waals surface area contributed by atoms with Crippen LogP contribution in [0.25, 0.3) is 11.3 Å². The van der Waals surface area contributed by atoms with E-state index in [0.717, 1.165) is 11.3 Å². The summed E-state index contributed by atoms with van der Waals surface area (Å²) in [5, 5.41) is 6.72. The molecule has 0 spiro atoms. The second-order valence-corrected chi connectivity index (χ2v) is 5.33. The van der Waals surface area contributed by atoms with Crippen LogP contribution in [-0.2, 0) is 6.54 Å². The van der Waals surface area contributed by atoms with E-state index in [0.29, 0.717) is 11.3 Å². The van der Waals surface area contributed by atoms with E-state index in [2.05, 4.69) is 15.3 Å². The number of nitrogens with zero attached hydrogens (tertiary/aromatic N) is 2. The number of halogens is 1. The second-order valence-electron chi connectivity index (χ2n) is 4.55. The SMILES string of the molecule is O=C(NCc1nccnc1-c1ccsc1)c1ccc(F)cc1. The maximum Gasteiger partial charge on any atom is 0.251 e. The molecule has 0 fully saturated rings. The van der Waals surface area contributed by atoms with Crippen LogP contribution in [0.15, 0.2) is 53.5 Å². The van der Waals surface area contributed by atoms with Crippen molar-refractivity contribution in [3.63, 3.8) is 0 Å². The number of hydrogen-bond donors (Lipinski definition) is 1. The lowest BCUT2D eigenvalue weighted by Crippen LogP contribution is -2.23. The molecule has 110 valence electrons. The average molecular weight is 313 g/mol. The van der Waals surface area contributed by atoms with Crippen molar-refractivity contribution in [2.24, 2.45) is 0 Å². The van der Waals surface area contributed by atoms with Gasteiger partial charge in [-0.15, -0.1) is 0 Å². The number of carbonyl (C=O) groups is 1. The van der Waals surface area contributed by atoms with Gasteiger partial charge >= 0.3 is 0 Å². The van der Waals surface area contributed by atoms with E-state index in [-0.39, 0.29) is 18.3 Å². The fraction of sp³-hybridized carbons (Fsp3) is 0.0625. The molecule has 2 heterocycles. The van der Waals surface area contributed by atoms with Crippen LogP contribution in [0.2, 0.25) is 0 Å². The summed E-state index contributed by atoms with van der Waals surface area (Å²) in [7, 11) is 0. The fourth-order valence-corrected chi connectivity index (χ4v) is 2.64. The summed E-state index contributed by atoms with van der Waals surface area (Å²) in [4.78, 5) is 20.7. The van der Waals surface area contributed by atoms with Gasteiger partial charge in [0.15, 0.2) is 0 Å². The number of benzene rings is 1. The van der Waals surface area contributed by atoms with Gasteiger partial charge in [-0.3, -0.25) is 14.8 Å². The normalized spacial score (nSPS) is 10.4. The highest BCUT2D eigenvalue weighted by Gasteiger charge is 2.11. The quantitative estimate of drug-likeness (QED) is 0.804. The van der Waals surface area contributed by atoms with Gasteiger partial charge in [-0.05, 0) is 35.7 Å². The number of aromatic nitrogens is 2. The van der Waals surface area contributed by atoms with E-state index in [4.69, 9.17) is 0 Å². The molecule has 3 rings (SSSR count). The highest BCUT2D eigenvalue weighted by atomic mass is 32.1. The van der Waals surface area contributed by atoms with E-state index < -0.39 is 0 Å². The first-order chi connectivity index (χ1) is 10.7. The largest absolute Gasteiger partial charge is 0.346 e. The van der Waals surface area contributed by atoms with E-state index in [9.17, 15) is 9.18 Å². The third kappa shape index (κ3) is 3.17. The lowest BCUT2D eigenvalue weighted by atomic mass is 10.1. The molecule has 3 aromatic rings. The molecule has 22 heavy (non-hydrogen) atoms. The third-order valence-corrected chi connectivity index (χ3v) is 3.77. The van der Waals surface area contributed by atoms with Crippen molar-refractivity contribution in [2.45, 2.75) is 6.54 Å². The maximum absolute atomic E-state index is 12.9. The Balaban J connectivity index is 1.74. The highest BCUT2D eigenvalue weighted by Crippen LogP contribution is 2.22. The molecule has 0 aliphatic rings. The Kier molecular flexibility index (Phi) is 4.20. The summed E-state index contributed by atoms with van der Waals surface area (Å²) in [5.74, 6) is -0.646. The summed E-state index contributed by atoms with van der Waals surface area (Å²) in [5.41, 5.74) is 2.83. The molecule has 0 unspecified atom stereocenters. The van der Waals surface area contributed by atoms with Crippen LogP contribution in [-0.4, -0.2) is 15.9 Å². The number of nitrogens with one attached hydrogen (secondary N) is 1. The van der Waals surface area contributed by atoms with Gasteiger partial charge in [-0.1, -0.05) is 0 Å². The molecule has 0 aliphatic carbocycles. The molecule has 0 radical (unpaired) electrons. The minimum Gasteiger partial charge on any atom is -0.346 e. The van der Waals surface area contributed by atoms with E-state index in [1.165, 1.54) is 24.3 Å². The molecule has 1 amide bonds. The molecule has 6 heteroatoms. The van der Waals surface area contributed by atoms with E-state index in [1.54, 1.807) is 23.7 Å². The van der Waals surface area contributed by atoms with Crippen LogP contribution in [0.5, 0.6) is 0 Å². The minimum absolute atomic E-state index is 0.259. The molecule has 1 aromatic carbocycles. The van der Waals surface area contributed by atoms with Gasteiger partial charge in [0.2, 0.25) is 0 Å². The van der Waals surface area contributed by atoms with Crippen molar-refractivity contribution in [3.8, 4) is 11.3 Å². The smallest absolute Gasteiger partial charge is 0.251 e. The first-order valence-electron chi connectivity index (χ1n) is 6.60. The van der Waals surface area contributed by atoms with Crippen molar-refractivity contribution < 1.29 is 9.18 Å². The number of rotatable bonds is 4. The molecule has 2 aromatic heterocycles. The molecule has 0 atom stereocenters. The number of amides is 1. The molecular weight excluding hydrogens is 301 g/mol. The summed E-state index contributed by atoms with van der Waals surface area (Å²) in [6.45, 7) is 0.259. The molecule has 0 aliphatic heterocycles. The van der Waals surface area contributed by atoms with Crippen LogP contribution in [0.4, 0.5) is 4.39 Å². The van der Waals surface area contributed by atoms with Gasteiger partial charge in [0.1, 0.15) is 5.82 Å². The Morgan fingerprint density at radius 3 is 2.64 bits per heavy atom. The van der Waals surface area contributed by atoms with Gasteiger partial charge in [-0.25, -0.2) is 4.39 Å². The molecule has 0 saturated heterocycles. The molecule has 1 N–H and O–H groups in total. The number of thiophene rings is 1. The predicted molar refractivity (Wildman–Crippen MR) is 82.9 cm³/mol. The number of hydrogen-bond acceptors (Lipinski definition) is 4. The van der Waals surface area contributed by atoms with Crippen LogP contribution >= 0.6 is 11.3 Å². The lowest BCUT2D eigenvalue weighted by Gasteiger charge is -2.08. The van der Waals surface area contributed by atoms with Gasteiger partial charge in [-0.2, -0.15) is 11.3 Å². The average Bonchev–Trinajstić information content (AvgIpc) is 3.08. The Hall–Kier alpha value is -2.60. The van der Waals surface area contributed by atoms with E-state index >= 15 is 0 Å². The zero-order valence-electron chi connectivity index (χ0n) is 11.5. The Morgan fingerprint density at radius 1 is 1.14 bits per heavy atom. The summed E-state index contributed by atoms with van der Waals surface area (Å²) < 4.78 is 12.9. The first kappa shape index (κ1) is 14.3. The van der Waals surface area contributed by atoms with Crippen molar-refractivity contribution in [1.82, 2.24) is 15.3 Å². The molecule has 0 bridgehead atoms. The van der Waals surface area contributed by atoms with Crippen LogP contribution in [0.1, 0.15) is 16.1 Å². The van der Waals surface area contributed by atoms with Crippen molar-refractivity contribution >= 4 is 17.2 Å². The second kappa shape index (κ2) is 6.44. The van der Waals surface area contributed by atoms with Crippen molar-refractivity contribution in [2.75, 3.05) is 0 Å². The summed E-state index contributed by atoms with van der Waals surface area (Å²) in [6, 6.07) is 7.37. The Labute approximate surface area is 130 Å². The minimum atomic E-state index is -0.370. The zero-order valence-corrected chi connectivity index (χ0v) is 12.3. The van der Waals surface area contributed by atoms with E-state index in [1.807, 2.05) is 16.8 Å². The van der Waals surface area contributed by atoms with Gasteiger partial charge in [0, 0.05) is 28.9 Å². The third-order valence-electron chi connectivity index (χ3n) is 3.09. The van der Waals surface area contributed by atoms with Crippen molar-refractivity contribution in [3.05, 3.63) is 70.6 Å². The predicted octanol–water partition coefficient (Wildman–Crippen LogP) is 3.27. The lowest BCUT2D eigenvalue weighted by molar-refractivity contribution is 0.0950. The maximum atomic E-state index is 12.9. The van der Waals surface area contributed by atoms with Gasteiger partial charge < -0.3 is 5.32 Å². The molecular formula is C16H12FN3OS. The zero-order chi connectivity index (χ0) is 15.4. The first-order valence-corrected chi connectivity index (χ1v) is 7.54. The van der Waals surface area contributed by atoms with Gasteiger partial charge in [0.25, 0.3) is 5.91 Å². The monoisotopic (exact) mass is 313 g/mol. The molecule has 4 nitrogen and oxygen atoms in total. The number of carbonyl (C=O) groups excluding carboxylic acids is 1. The standard InChI is InChI=1S/C16H12FN3OS/c17-13-3-1-11(2-4-13)16(21)20-9-14-15(19-7-6-18-14)12-5-8-22-10-12/h1-8,10H,9H2,(H,20,21). The highest BCUT2D eigenvalue weighted by molar-refractivity contribution is 7.08. The Morgan fingerprint density at radius 2 is 1.91 bits per heavy atom. The van der Waals surface area contributed by atoms with Crippen LogP contribution in [0, 0.1) is 5.82 Å². The fourth-order valence-electron chi connectivity index (χ4n) is 2.00. The summed E-state index contributed by atoms with van der Waals surface area (Å²) >= 11 is 1.58.